The van der Waals surface area contributed by atoms with Gasteiger partial charge in [-0.1, -0.05) is 42.5 Å². The Balaban J connectivity index is 1.32. The Kier molecular flexibility index (Phi) is 7.24. The fourth-order valence-corrected chi connectivity index (χ4v) is 4.27. The van der Waals surface area contributed by atoms with E-state index >= 15 is 0 Å². The highest BCUT2D eigenvalue weighted by atomic mass is 32.2. The van der Waals surface area contributed by atoms with Gasteiger partial charge in [-0.2, -0.15) is 0 Å². The Morgan fingerprint density at radius 2 is 1.75 bits per heavy atom. The first-order chi connectivity index (χ1) is 15.6. The predicted octanol–water partition coefficient (Wildman–Crippen LogP) is 3.20. The lowest BCUT2D eigenvalue weighted by Crippen LogP contribution is -2.46. The van der Waals surface area contributed by atoms with Gasteiger partial charge in [0.2, 0.25) is 5.91 Å². The molecule has 2 aromatic rings. The molecule has 0 aliphatic carbocycles. The molecule has 2 aliphatic rings. The van der Waals surface area contributed by atoms with Crippen molar-refractivity contribution in [3.8, 4) is 5.75 Å². The molecule has 2 fully saturated rings. The van der Waals surface area contributed by atoms with Crippen molar-refractivity contribution in [3.05, 3.63) is 70.6 Å². The SMILES string of the molecule is O=C(CN1C(=O)SC(=Cc2ccc(OCCc3ccccc3)cc2)C1=O)N1CCOCC1. The van der Waals surface area contributed by atoms with E-state index in [0.29, 0.717) is 37.8 Å². The maximum absolute atomic E-state index is 12.7. The van der Waals surface area contributed by atoms with E-state index in [1.54, 1.807) is 11.0 Å². The van der Waals surface area contributed by atoms with Crippen molar-refractivity contribution in [1.29, 1.82) is 0 Å². The highest BCUT2D eigenvalue weighted by Crippen LogP contribution is 2.32. The normalized spacial score (nSPS) is 17.8. The molecule has 4 rings (SSSR count). The zero-order valence-electron chi connectivity index (χ0n) is 17.6. The molecule has 166 valence electrons. The summed E-state index contributed by atoms with van der Waals surface area (Å²) in [4.78, 5) is 40.3. The highest BCUT2D eigenvalue weighted by molar-refractivity contribution is 8.18. The number of carbonyl (C=O) groups excluding carboxylic acids is 3. The molecule has 3 amide bonds. The van der Waals surface area contributed by atoms with Crippen LogP contribution in [0.1, 0.15) is 11.1 Å². The van der Waals surface area contributed by atoms with Crippen molar-refractivity contribution in [2.24, 2.45) is 0 Å². The Morgan fingerprint density at radius 1 is 1.03 bits per heavy atom. The van der Waals surface area contributed by atoms with Crippen LogP contribution >= 0.6 is 11.8 Å². The average molecular weight is 453 g/mol. The van der Waals surface area contributed by atoms with Gasteiger partial charge in [0.05, 0.1) is 24.7 Å². The number of thioether (sulfide) groups is 1. The van der Waals surface area contributed by atoms with E-state index in [0.717, 1.165) is 34.4 Å². The number of amides is 3. The molecule has 0 atom stereocenters. The minimum absolute atomic E-state index is 0.240. The summed E-state index contributed by atoms with van der Waals surface area (Å²) in [6, 6.07) is 17.5. The average Bonchev–Trinajstić information content (AvgIpc) is 3.08. The Labute approximate surface area is 191 Å². The van der Waals surface area contributed by atoms with Crippen LogP contribution in [0.4, 0.5) is 4.79 Å². The van der Waals surface area contributed by atoms with Gasteiger partial charge in [-0.3, -0.25) is 19.3 Å². The standard InChI is InChI=1S/C24H24N2O5S/c27-22(25-11-14-30-15-12-25)17-26-23(28)21(32-24(26)29)16-19-6-8-20(9-7-19)31-13-10-18-4-2-1-3-5-18/h1-9,16H,10-15,17H2. The number of imide groups is 1. The Hall–Kier alpha value is -3.10. The molecular formula is C24H24N2O5S. The van der Waals surface area contributed by atoms with E-state index in [1.165, 1.54) is 5.56 Å². The second kappa shape index (κ2) is 10.5. The summed E-state index contributed by atoms with van der Waals surface area (Å²) in [6.45, 7) is 2.23. The lowest BCUT2D eigenvalue weighted by Gasteiger charge is -2.28. The van der Waals surface area contributed by atoms with Crippen molar-refractivity contribution in [2.75, 3.05) is 39.5 Å². The van der Waals surface area contributed by atoms with E-state index in [4.69, 9.17) is 9.47 Å². The second-order valence-corrected chi connectivity index (χ2v) is 8.41. The van der Waals surface area contributed by atoms with Gasteiger partial charge < -0.3 is 14.4 Å². The van der Waals surface area contributed by atoms with Crippen molar-refractivity contribution in [3.63, 3.8) is 0 Å². The molecule has 0 spiro atoms. The molecule has 0 saturated carbocycles. The zero-order chi connectivity index (χ0) is 22.3. The summed E-state index contributed by atoms with van der Waals surface area (Å²) in [5.74, 6) is 0.0564. The summed E-state index contributed by atoms with van der Waals surface area (Å²) in [7, 11) is 0. The van der Waals surface area contributed by atoms with Crippen LogP contribution in [0.25, 0.3) is 6.08 Å². The van der Waals surface area contributed by atoms with Crippen molar-refractivity contribution >= 4 is 34.9 Å². The van der Waals surface area contributed by atoms with Crippen molar-refractivity contribution in [2.45, 2.75) is 6.42 Å². The van der Waals surface area contributed by atoms with Gasteiger partial charge in [-0.15, -0.1) is 0 Å². The maximum atomic E-state index is 12.7. The second-order valence-electron chi connectivity index (χ2n) is 7.41. The molecule has 2 saturated heterocycles. The first kappa shape index (κ1) is 22.1. The van der Waals surface area contributed by atoms with Crippen LogP contribution in [-0.4, -0.2) is 66.3 Å². The first-order valence-corrected chi connectivity index (χ1v) is 11.3. The van der Waals surface area contributed by atoms with E-state index in [2.05, 4.69) is 12.1 Å². The highest BCUT2D eigenvalue weighted by Gasteiger charge is 2.37. The summed E-state index contributed by atoms with van der Waals surface area (Å²) in [5.41, 5.74) is 2.00. The minimum Gasteiger partial charge on any atom is -0.493 e. The molecule has 0 radical (unpaired) electrons. The maximum Gasteiger partial charge on any atom is 0.294 e. The molecule has 32 heavy (non-hydrogen) atoms. The van der Waals surface area contributed by atoms with Gasteiger partial charge in [0.15, 0.2) is 0 Å². The molecule has 0 aromatic heterocycles. The number of rotatable bonds is 7. The van der Waals surface area contributed by atoms with Crippen LogP contribution in [0.5, 0.6) is 5.75 Å². The van der Waals surface area contributed by atoms with Gasteiger partial charge >= 0.3 is 0 Å². The first-order valence-electron chi connectivity index (χ1n) is 10.5. The molecule has 2 heterocycles. The fourth-order valence-electron chi connectivity index (χ4n) is 3.43. The van der Waals surface area contributed by atoms with E-state index in [1.807, 2.05) is 42.5 Å². The smallest absolute Gasteiger partial charge is 0.294 e. The van der Waals surface area contributed by atoms with E-state index in [-0.39, 0.29) is 12.5 Å². The molecule has 0 N–H and O–H groups in total. The summed E-state index contributed by atoms with van der Waals surface area (Å²) in [5, 5.41) is -0.427. The molecule has 0 unspecified atom stereocenters. The third-order valence-electron chi connectivity index (χ3n) is 5.21. The quantitative estimate of drug-likeness (QED) is 0.601. The Bertz CT molecular complexity index is 1000. The monoisotopic (exact) mass is 452 g/mol. The molecule has 8 heteroatoms. The van der Waals surface area contributed by atoms with E-state index in [9.17, 15) is 14.4 Å². The van der Waals surface area contributed by atoms with Crippen LogP contribution in [-0.2, 0) is 20.7 Å². The molecular weight excluding hydrogens is 428 g/mol. The summed E-state index contributed by atoms with van der Waals surface area (Å²) >= 11 is 0.853. The Morgan fingerprint density at radius 3 is 2.47 bits per heavy atom. The molecule has 7 nitrogen and oxygen atoms in total. The van der Waals surface area contributed by atoms with Crippen LogP contribution < -0.4 is 4.74 Å². The number of benzene rings is 2. The lowest BCUT2D eigenvalue weighted by atomic mass is 10.2. The van der Waals surface area contributed by atoms with Crippen LogP contribution in [0.3, 0.4) is 0 Å². The summed E-state index contributed by atoms with van der Waals surface area (Å²) in [6.07, 6.45) is 2.48. The number of carbonyl (C=O) groups is 3. The van der Waals surface area contributed by atoms with Gasteiger partial charge in [0.1, 0.15) is 12.3 Å². The van der Waals surface area contributed by atoms with Gasteiger partial charge in [-0.05, 0) is 41.1 Å². The van der Waals surface area contributed by atoms with E-state index < -0.39 is 11.1 Å². The molecule has 0 bridgehead atoms. The largest absolute Gasteiger partial charge is 0.493 e. The minimum atomic E-state index is -0.440. The van der Waals surface area contributed by atoms with Gasteiger partial charge in [0, 0.05) is 19.5 Å². The number of morpholine rings is 1. The molecule has 2 aromatic carbocycles. The number of ether oxygens (including phenoxy) is 2. The third-order valence-corrected chi connectivity index (χ3v) is 6.12. The third kappa shape index (κ3) is 5.57. The fraction of sp³-hybridized carbons (Fsp3) is 0.292. The number of hydrogen-bond donors (Lipinski definition) is 0. The van der Waals surface area contributed by atoms with Gasteiger partial charge in [0.25, 0.3) is 11.1 Å². The summed E-state index contributed by atoms with van der Waals surface area (Å²) < 4.78 is 11.0. The lowest BCUT2D eigenvalue weighted by molar-refractivity contribution is -0.139. The van der Waals surface area contributed by atoms with Crippen LogP contribution in [0.2, 0.25) is 0 Å². The van der Waals surface area contributed by atoms with Crippen molar-refractivity contribution < 1.29 is 23.9 Å². The predicted molar refractivity (Wildman–Crippen MR) is 122 cm³/mol. The number of nitrogens with zero attached hydrogens (tertiary/aromatic N) is 2. The van der Waals surface area contributed by atoms with Crippen LogP contribution in [0, 0.1) is 0 Å². The number of hydrogen-bond acceptors (Lipinski definition) is 6. The topological polar surface area (TPSA) is 76.2 Å². The van der Waals surface area contributed by atoms with Crippen molar-refractivity contribution in [1.82, 2.24) is 9.80 Å². The van der Waals surface area contributed by atoms with Gasteiger partial charge in [-0.25, -0.2) is 0 Å². The zero-order valence-corrected chi connectivity index (χ0v) is 18.4. The van der Waals surface area contributed by atoms with Crippen LogP contribution in [0.15, 0.2) is 59.5 Å². The molecule has 2 aliphatic heterocycles.